The summed E-state index contributed by atoms with van der Waals surface area (Å²) in [6.45, 7) is 1.65. The summed E-state index contributed by atoms with van der Waals surface area (Å²) in [7, 11) is -3.48. The van der Waals surface area contributed by atoms with Gasteiger partial charge in [-0.1, -0.05) is 35.9 Å². The van der Waals surface area contributed by atoms with Crippen LogP contribution in [-0.2, 0) is 10.0 Å². The molecule has 2 heterocycles. The molecule has 3 rings (SSSR count). The molecule has 1 aromatic heterocycles. The van der Waals surface area contributed by atoms with E-state index in [4.69, 9.17) is 11.6 Å². The molecule has 1 saturated heterocycles. The van der Waals surface area contributed by atoms with Crippen LogP contribution in [0.15, 0.2) is 46.0 Å². The quantitative estimate of drug-likeness (QED) is 0.933. The van der Waals surface area contributed by atoms with Gasteiger partial charge in [-0.2, -0.15) is 4.31 Å². The Balaban J connectivity index is 2.02. The third-order valence-corrected chi connectivity index (χ3v) is 7.14. The Bertz CT molecular complexity index is 716. The van der Waals surface area contributed by atoms with Gasteiger partial charge in [0.25, 0.3) is 10.0 Å². The van der Waals surface area contributed by atoms with Gasteiger partial charge in [0.2, 0.25) is 0 Å². The second-order valence-electron chi connectivity index (χ2n) is 4.79. The number of benzene rings is 1. The van der Waals surface area contributed by atoms with Crippen LogP contribution >= 0.6 is 22.9 Å². The highest BCUT2D eigenvalue weighted by Gasteiger charge is 2.35. The minimum atomic E-state index is -3.48. The average Bonchev–Trinajstić information content (AvgIpc) is 3.03. The minimum absolute atomic E-state index is 0.278. The first-order chi connectivity index (χ1) is 10.1. The van der Waals surface area contributed by atoms with E-state index in [-0.39, 0.29) is 6.04 Å². The van der Waals surface area contributed by atoms with Crippen molar-refractivity contribution in [1.82, 2.24) is 9.62 Å². The van der Waals surface area contributed by atoms with E-state index < -0.39 is 10.0 Å². The predicted molar refractivity (Wildman–Crippen MR) is 85.3 cm³/mol. The lowest BCUT2D eigenvalue weighted by Crippen LogP contribution is -2.48. The number of nitrogens with one attached hydrogen (secondary N) is 1. The zero-order valence-electron chi connectivity index (χ0n) is 11.2. The van der Waals surface area contributed by atoms with Gasteiger partial charge < -0.3 is 5.32 Å². The van der Waals surface area contributed by atoms with E-state index in [1.54, 1.807) is 27.9 Å². The van der Waals surface area contributed by atoms with E-state index in [1.807, 2.05) is 18.2 Å². The summed E-state index contributed by atoms with van der Waals surface area (Å²) in [6.07, 6.45) is 0. The molecule has 4 nitrogen and oxygen atoms in total. The van der Waals surface area contributed by atoms with Crippen LogP contribution in [0.5, 0.6) is 0 Å². The Labute approximate surface area is 133 Å². The van der Waals surface area contributed by atoms with Crippen molar-refractivity contribution in [2.75, 3.05) is 19.6 Å². The van der Waals surface area contributed by atoms with Crippen molar-refractivity contribution in [2.45, 2.75) is 10.3 Å². The van der Waals surface area contributed by atoms with Crippen molar-refractivity contribution in [3.05, 3.63) is 52.4 Å². The smallest absolute Gasteiger partial charge is 0.253 e. The zero-order chi connectivity index (χ0) is 14.9. The summed E-state index contributed by atoms with van der Waals surface area (Å²) in [5.74, 6) is 0. The highest BCUT2D eigenvalue weighted by Crippen LogP contribution is 2.33. The molecule has 1 N–H and O–H groups in total. The summed E-state index contributed by atoms with van der Waals surface area (Å²) in [6, 6.07) is 10.5. The molecule has 0 aliphatic carbocycles. The van der Waals surface area contributed by atoms with Gasteiger partial charge in [0.15, 0.2) is 0 Å². The van der Waals surface area contributed by atoms with Gasteiger partial charge in [-0.15, -0.1) is 11.3 Å². The third kappa shape index (κ3) is 2.86. The summed E-state index contributed by atoms with van der Waals surface area (Å²) in [4.78, 5) is 0. The Morgan fingerprint density at radius 2 is 2.05 bits per heavy atom. The van der Waals surface area contributed by atoms with Crippen LogP contribution in [0.4, 0.5) is 0 Å². The molecule has 0 spiro atoms. The summed E-state index contributed by atoms with van der Waals surface area (Å²) < 4.78 is 27.5. The first kappa shape index (κ1) is 15.0. The highest BCUT2D eigenvalue weighted by atomic mass is 35.5. The molecule has 0 amide bonds. The number of rotatable bonds is 3. The first-order valence-electron chi connectivity index (χ1n) is 6.61. The summed E-state index contributed by atoms with van der Waals surface area (Å²) >= 11 is 7.49. The maximum Gasteiger partial charge on any atom is 0.253 e. The fourth-order valence-corrected chi connectivity index (χ4v) is 5.50. The maximum atomic E-state index is 12.8. The number of nitrogens with zero attached hydrogens (tertiary/aromatic N) is 1. The molecule has 1 aliphatic rings. The van der Waals surface area contributed by atoms with Crippen LogP contribution in [-0.4, -0.2) is 32.4 Å². The molecule has 1 unspecified atom stereocenters. The maximum absolute atomic E-state index is 12.8. The largest absolute Gasteiger partial charge is 0.313 e. The van der Waals surface area contributed by atoms with E-state index >= 15 is 0 Å². The second kappa shape index (κ2) is 6.06. The lowest BCUT2D eigenvalue weighted by molar-refractivity contribution is 0.272. The molecular formula is C14H15ClN2O2S2. The monoisotopic (exact) mass is 342 g/mol. The van der Waals surface area contributed by atoms with Crippen LogP contribution in [0.2, 0.25) is 5.02 Å². The van der Waals surface area contributed by atoms with Crippen LogP contribution < -0.4 is 5.32 Å². The fraction of sp³-hybridized carbons (Fsp3) is 0.286. The van der Waals surface area contributed by atoms with Crippen LogP contribution in [0.25, 0.3) is 0 Å². The molecule has 1 aliphatic heterocycles. The molecule has 0 saturated carbocycles. The first-order valence-corrected chi connectivity index (χ1v) is 9.31. The van der Waals surface area contributed by atoms with Crippen molar-refractivity contribution < 1.29 is 8.42 Å². The van der Waals surface area contributed by atoms with Gasteiger partial charge in [0.1, 0.15) is 4.21 Å². The zero-order valence-corrected chi connectivity index (χ0v) is 13.6. The van der Waals surface area contributed by atoms with Gasteiger partial charge in [0.05, 0.1) is 6.04 Å². The van der Waals surface area contributed by atoms with Gasteiger partial charge >= 0.3 is 0 Å². The molecule has 21 heavy (non-hydrogen) atoms. The van der Waals surface area contributed by atoms with Crippen LogP contribution in [0.1, 0.15) is 11.6 Å². The molecular weight excluding hydrogens is 328 g/mol. The molecule has 1 aromatic carbocycles. The normalized spacial score (nSPS) is 20.5. The molecule has 7 heteroatoms. The van der Waals surface area contributed by atoms with Crippen LogP contribution in [0.3, 0.4) is 0 Å². The molecule has 112 valence electrons. The van der Waals surface area contributed by atoms with Crippen molar-refractivity contribution in [3.63, 3.8) is 0 Å². The van der Waals surface area contributed by atoms with Gasteiger partial charge in [-0.25, -0.2) is 8.42 Å². The van der Waals surface area contributed by atoms with Gasteiger partial charge in [-0.3, -0.25) is 0 Å². The molecule has 2 aromatic rings. The number of hydrogen-bond donors (Lipinski definition) is 1. The van der Waals surface area contributed by atoms with Crippen molar-refractivity contribution in [1.29, 1.82) is 0 Å². The number of halogens is 1. The second-order valence-corrected chi connectivity index (χ2v) is 8.26. The average molecular weight is 343 g/mol. The van der Waals surface area contributed by atoms with Gasteiger partial charge in [0, 0.05) is 24.7 Å². The SMILES string of the molecule is O=S(=O)(c1cccs1)N1CCNCC1c1ccccc1Cl. The van der Waals surface area contributed by atoms with Gasteiger partial charge in [-0.05, 0) is 23.1 Å². The van der Waals surface area contributed by atoms with E-state index in [2.05, 4.69) is 5.32 Å². The van der Waals surface area contributed by atoms with Crippen molar-refractivity contribution in [3.8, 4) is 0 Å². The Morgan fingerprint density at radius 3 is 2.76 bits per heavy atom. The number of sulfonamides is 1. The predicted octanol–water partition coefficient (Wildman–Crippen LogP) is 2.74. The van der Waals surface area contributed by atoms with E-state index in [0.717, 1.165) is 5.56 Å². The lowest BCUT2D eigenvalue weighted by atomic mass is 10.1. The number of thiophene rings is 1. The third-order valence-electron chi connectivity index (χ3n) is 3.52. The molecule has 1 fully saturated rings. The Kier molecular flexibility index (Phi) is 4.33. The molecule has 0 bridgehead atoms. The van der Waals surface area contributed by atoms with E-state index in [0.29, 0.717) is 28.9 Å². The number of hydrogen-bond acceptors (Lipinski definition) is 4. The Morgan fingerprint density at radius 1 is 1.24 bits per heavy atom. The van der Waals surface area contributed by atoms with Crippen molar-refractivity contribution in [2.24, 2.45) is 0 Å². The molecule has 0 radical (unpaired) electrons. The molecule has 1 atom stereocenters. The topological polar surface area (TPSA) is 49.4 Å². The van der Waals surface area contributed by atoms with Crippen molar-refractivity contribution >= 4 is 33.0 Å². The standard InChI is InChI=1S/C14H15ClN2O2S2/c15-12-5-2-1-4-11(12)13-10-16-7-8-17(13)21(18,19)14-6-3-9-20-14/h1-6,9,13,16H,7-8,10H2. The number of piperazine rings is 1. The highest BCUT2D eigenvalue weighted by molar-refractivity contribution is 7.91. The Hall–Kier alpha value is -0.920. The lowest BCUT2D eigenvalue weighted by Gasteiger charge is -2.35. The minimum Gasteiger partial charge on any atom is -0.313 e. The fourth-order valence-electron chi connectivity index (χ4n) is 2.51. The van der Waals surface area contributed by atoms with Crippen LogP contribution in [0, 0.1) is 0 Å². The summed E-state index contributed by atoms with van der Waals surface area (Å²) in [5.41, 5.74) is 0.839. The summed E-state index contributed by atoms with van der Waals surface area (Å²) in [5, 5.41) is 5.62. The van der Waals surface area contributed by atoms with E-state index in [1.165, 1.54) is 11.3 Å². The van der Waals surface area contributed by atoms with E-state index in [9.17, 15) is 8.42 Å².